The Labute approximate surface area is 129 Å². The number of aromatic nitrogens is 2. The average Bonchev–Trinajstić information content (AvgIpc) is 2.47. The van der Waals surface area contributed by atoms with Gasteiger partial charge in [0.15, 0.2) is 5.16 Å². The summed E-state index contributed by atoms with van der Waals surface area (Å²) in [5.41, 5.74) is 0.259. The van der Waals surface area contributed by atoms with Gasteiger partial charge in [0.1, 0.15) is 5.82 Å². The first-order valence-electron chi connectivity index (χ1n) is 6.50. The fourth-order valence-corrected chi connectivity index (χ4v) is 2.37. The van der Waals surface area contributed by atoms with Crippen LogP contribution in [0.5, 0.6) is 5.88 Å². The number of anilines is 1. The molecule has 0 spiro atoms. The predicted molar refractivity (Wildman–Crippen MR) is 81.7 cm³/mol. The first-order valence-corrected chi connectivity index (χ1v) is 7.48. The van der Waals surface area contributed by atoms with Crippen LogP contribution in [0, 0.1) is 5.82 Å². The number of hydrogen-bond donors (Lipinski definition) is 3. The van der Waals surface area contributed by atoms with Crippen molar-refractivity contribution < 1.29 is 14.3 Å². The van der Waals surface area contributed by atoms with E-state index in [0.29, 0.717) is 12.1 Å². The number of benzene rings is 1. The molecule has 0 aliphatic rings. The van der Waals surface area contributed by atoms with Gasteiger partial charge in [0, 0.05) is 5.69 Å². The molecule has 0 saturated carbocycles. The number of aromatic amines is 1. The zero-order valence-corrected chi connectivity index (χ0v) is 12.5. The minimum Gasteiger partial charge on any atom is -0.493 e. The molecular formula is C14H14FN3O3S. The molecule has 2 rings (SSSR count). The van der Waals surface area contributed by atoms with Crippen LogP contribution in [0.15, 0.2) is 34.2 Å². The molecule has 0 atom stereocenters. The molecule has 22 heavy (non-hydrogen) atoms. The molecule has 0 fully saturated rings. The maximum absolute atomic E-state index is 12.7. The number of thioether (sulfide) groups is 1. The van der Waals surface area contributed by atoms with Crippen molar-refractivity contribution in [3.8, 4) is 5.88 Å². The summed E-state index contributed by atoms with van der Waals surface area (Å²) in [4.78, 5) is 29.7. The summed E-state index contributed by atoms with van der Waals surface area (Å²) >= 11 is 0.986. The SMILES string of the molecule is CCc1c(O)nc(SCC(=O)Nc2ccc(F)cc2)[nH]c1=O. The van der Waals surface area contributed by atoms with Crippen molar-refractivity contribution in [1.29, 1.82) is 0 Å². The van der Waals surface area contributed by atoms with Gasteiger partial charge >= 0.3 is 0 Å². The van der Waals surface area contributed by atoms with Gasteiger partial charge < -0.3 is 15.4 Å². The van der Waals surface area contributed by atoms with Gasteiger partial charge in [0.2, 0.25) is 11.8 Å². The van der Waals surface area contributed by atoms with Gasteiger partial charge in [-0.15, -0.1) is 0 Å². The first kappa shape index (κ1) is 16.0. The summed E-state index contributed by atoms with van der Waals surface area (Å²) < 4.78 is 12.7. The number of aromatic hydroxyl groups is 1. The van der Waals surface area contributed by atoms with Crippen LogP contribution >= 0.6 is 11.8 Å². The first-order chi connectivity index (χ1) is 10.5. The zero-order valence-electron chi connectivity index (χ0n) is 11.7. The maximum atomic E-state index is 12.7. The van der Waals surface area contributed by atoms with Gasteiger partial charge in [-0.1, -0.05) is 18.7 Å². The summed E-state index contributed by atoms with van der Waals surface area (Å²) in [6.07, 6.45) is 0.365. The molecule has 1 amide bonds. The van der Waals surface area contributed by atoms with Gasteiger partial charge in [-0.2, -0.15) is 4.98 Å². The molecule has 0 saturated heterocycles. The standard InChI is InChI=1S/C14H14FN3O3S/c1-2-10-12(20)17-14(18-13(10)21)22-7-11(19)16-9-5-3-8(15)4-6-9/h3-6H,2,7H2,1H3,(H,16,19)(H2,17,18,20,21). The van der Waals surface area contributed by atoms with Gasteiger partial charge in [0.25, 0.3) is 5.56 Å². The van der Waals surface area contributed by atoms with Crippen LogP contribution in [0.1, 0.15) is 12.5 Å². The third kappa shape index (κ3) is 4.08. The van der Waals surface area contributed by atoms with E-state index in [-0.39, 0.29) is 34.1 Å². The smallest absolute Gasteiger partial charge is 0.258 e. The number of halogens is 1. The summed E-state index contributed by atoms with van der Waals surface area (Å²) in [5.74, 6) is -1.06. The van der Waals surface area contributed by atoms with E-state index in [9.17, 15) is 19.1 Å². The van der Waals surface area contributed by atoms with Crippen molar-refractivity contribution in [3.63, 3.8) is 0 Å². The van der Waals surface area contributed by atoms with Crippen LogP contribution in [0.4, 0.5) is 10.1 Å². The molecular weight excluding hydrogens is 309 g/mol. The van der Waals surface area contributed by atoms with E-state index in [0.717, 1.165) is 11.8 Å². The number of nitrogens with one attached hydrogen (secondary N) is 2. The second-order valence-corrected chi connectivity index (χ2v) is 5.33. The molecule has 0 unspecified atom stereocenters. The summed E-state index contributed by atoms with van der Waals surface area (Å²) in [5, 5.41) is 12.4. The van der Waals surface area contributed by atoms with Gasteiger partial charge in [-0.25, -0.2) is 4.39 Å². The van der Waals surface area contributed by atoms with Crippen LogP contribution < -0.4 is 10.9 Å². The van der Waals surface area contributed by atoms with E-state index in [1.165, 1.54) is 24.3 Å². The molecule has 1 aromatic heterocycles. The van der Waals surface area contributed by atoms with Crippen LogP contribution in [0.25, 0.3) is 0 Å². The number of carbonyl (C=O) groups excluding carboxylic acids is 1. The molecule has 6 nitrogen and oxygen atoms in total. The highest BCUT2D eigenvalue weighted by molar-refractivity contribution is 7.99. The highest BCUT2D eigenvalue weighted by Gasteiger charge is 2.11. The lowest BCUT2D eigenvalue weighted by molar-refractivity contribution is -0.113. The number of carbonyl (C=O) groups is 1. The number of hydrogen-bond acceptors (Lipinski definition) is 5. The van der Waals surface area contributed by atoms with Crippen LogP contribution in [0.3, 0.4) is 0 Å². The Balaban J connectivity index is 1.96. The quantitative estimate of drug-likeness (QED) is 0.577. The van der Waals surface area contributed by atoms with Gasteiger partial charge in [-0.3, -0.25) is 9.59 Å². The second kappa shape index (κ2) is 7.08. The monoisotopic (exact) mass is 323 g/mol. The van der Waals surface area contributed by atoms with Crippen LogP contribution in [-0.4, -0.2) is 26.7 Å². The Kier molecular flexibility index (Phi) is 5.16. The second-order valence-electron chi connectivity index (χ2n) is 4.37. The minimum atomic E-state index is -0.420. The molecule has 2 aromatic rings. The number of amides is 1. The van der Waals surface area contributed by atoms with E-state index in [1.54, 1.807) is 6.92 Å². The van der Waals surface area contributed by atoms with E-state index in [2.05, 4.69) is 15.3 Å². The lowest BCUT2D eigenvalue weighted by Crippen LogP contribution is -2.17. The van der Waals surface area contributed by atoms with E-state index >= 15 is 0 Å². The van der Waals surface area contributed by atoms with Crippen LogP contribution in [-0.2, 0) is 11.2 Å². The normalized spacial score (nSPS) is 10.5. The topological polar surface area (TPSA) is 95.1 Å². The van der Waals surface area contributed by atoms with E-state index in [1.807, 2.05) is 0 Å². The van der Waals surface area contributed by atoms with Crippen molar-refractivity contribution in [3.05, 3.63) is 46.0 Å². The average molecular weight is 323 g/mol. The number of H-pyrrole nitrogens is 1. The summed E-state index contributed by atoms with van der Waals surface area (Å²) in [7, 11) is 0. The van der Waals surface area contributed by atoms with Gasteiger partial charge in [-0.05, 0) is 30.7 Å². The minimum absolute atomic E-state index is 0.00870. The van der Waals surface area contributed by atoms with Crippen molar-refractivity contribution in [2.75, 3.05) is 11.1 Å². The fraction of sp³-hybridized carbons (Fsp3) is 0.214. The third-order valence-electron chi connectivity index (χ3n) is 2.79. The Morgan fingerprint density at radius 2 is 2.09 bits per heavy atom. The number of nitrogens with zero attached hydrogens (tertiary/aromatic N) is 1. The lowest BCUT2D eigenvalue weighted by Gasteiger charge is -2.06. The highest BCUT2D eigenvalue weighted by Crippen LogP contribution is 2.17. The number of rotatable bonds is 5. The van der Waals surface area contributed by atoms with Gasteiger partial charge in [0.05, 0.1) is 11.3 Å². The third-order valence-corrected chi connectivity index (χ3v) is 3.67. The van der Waals surface area contributed by atoms with Crippen LogP contribution in [0.2, 0.25) is 0 Å². The van der Waals surface area contributed by atoms with Crippen molar-refractivity contribution in [2.24, 2.45) is 0 Å². The van der Waals surface area contributed by atoms with E-state index in [4.69, 9.17) is 0 Å². The highest BCUT2D eigenvalue weighted by atomic mass is 32.2. The van der Waals surface area contributed by atoms with E-state index < -0.39 is 5.56 Å². The molecule has 0 radical (unpaired) electrons. The van der Waals surface area contributed by atoms with Crippen molar-refractivity contribution in [1.82, 2.24) is 9.97 Å². The molecule has 0 bridgehead atoms. The molecule has 0 aliphatic heterocycles. The van der Waals surface area contributed by atoms with Crippen molar-refractivity contribution >= 4 is 23.4 Å². The molecule has 1 heterocycles. The zero-order chi connectivity index (χ0) is 16.1. The maximum Gasteiger partial charge on any atom is 0.258 e. The molecule has 1 aromatic carbocycles. The lowest BCUT2D eigenvalue weighted by atomic mass is 10.2. The summed E-state index contributed by atoms with van der Waals surface area (Å²) in [6.45, 7) is 1.73. The molecule has 0 aliphatic carbocycles. The Bertz CT molecular complexity index is 731. The molecule has 8 heteroatoms. The predicted octanol–water partition coefficient (Wildman–Crippen LogP) is 1.91. The fourth-order valence-electron chi connectivity index (χ4n) is 1.72. The largest absolute Gasteiger partial charge is 0.493 e. The Hall–Kier alpha value is -2.35. The molecule has 116 valence electrons. The molecule has 3 N–H and O–H groups in total. The van der Waals surface area contributed by atoms with Crippen molar-refractivity contribution in [2.45, 2.75) is 18.5 Å². The Morgan fingerprint density at radius 1 is 1.41 bits per heavy atom. The Morgan fingerprint density at radius 3 is 2.68 bits per heavy atom. The summed E-state index contributed by atoms with van der Waals surface area (Å²) in [6, 6.07) is 5.37.